The Bertz CT molecular complexity index is 440. The van der Waals surface area contributed by atoms with E-state index in [1.54, 1.807) is 0 Å². The van der Waals surface area contributed by atoms with E-state index in [-0.39, 0.29) is 5.54 Å². The number of nitrogens with one attached hydrogen (secondary N) is 1. The van der Waals surface area contributed by atoms with Crippen LogP contribution in [0.25, 0.3) is 0 Å². The fourth-order valence-electron chi connectivity index (χ4n) is 2.70. The molecule has 1 atom stereocenters. The van der Waals surface area contributed by atoms with Crippen LogP contribution in [0.2, 0.25) is 0 Å². The molecular weight excluding hydrogens is 252 g/mol. The molecule has 1 heterocycles. The Morgan fingerprint density at radius 3 is 2.53 bits per heavy atom. The highest BCUT2D eigenvalue weighted by atomic mass is 32.1. The maximum atomic E-state index is 4.79. The first kappa shape index (κ1) is 14.8. The standard InChI is InChI=1S/C16H28N2S/c1-7-16(5,6)11-8-9-12-13(10-11)19-14(17-12)18-15(2,3)4/h11H,7-10H2,1-6H3,(H,17,18). The first-order valence-electron chi connectivity index (χ1n) is 7.48. The second-order valence-electron chi connectivity index (χ2n) is 7.55. The monoisotopic (exact) mass is 280 g/mol. The molecule has 1 aliphatic rings. The molecule has 0 fully saturated rings. The van der Waals surface area contributed by atoms with Gasteiger partial charge in [-0.3, -0.25) is 0 Å². The van der Waals surface area contributed by atoms with E-state index in [0.717, 1.165) is 17.5 Å². The largest absolute Gasteiger partial charge is 0.357 e. The van der Waals surface area contributed by atoms with Gasteiger partial charge in [0.25, 0.3) is 0 Å². The van der Waals surface area contributed by atoms with Crippen LogP contribution in [0, 0.1) is 11.3 Å². The third kappa shape index (κ3) is 3.50. The van der Waals surface area contributed by atoms with Gasteiger partial charge in [0.2, 0.25) is 0 Å². The summed E-state index contributed by atoms with van der Waals surface area (Å²) in [5, 5.41) is 4.62. The van der Waals surface area contributed by atoms with E-state index in [1.165, 1.54) is 29.8 Å². The van der Waals surface area contributed by atoms with Gasteiger partial charge in [-0.2, -0.15) is 0 Å². The molecule has 0 aliphatic heterocycles. The number of thiazole rings is 1. The minimum atomic E-state index is 0.0997. The highest BCUT2D eigenvalue weighted by Gasteiger charge is 2.32. The number of nitrogens with zero attached hydrogens (tertiary/aromatic N) is 1. The van der Waals surface area contributed by atoms with Crippen LogP contribution in [0.4, 0.5) is 5.13 Å². The summed E-state index contributed by atoms with van der Waals surface area (Å²) in [6, 6.07) is 0. The van der Waals surface area contributed by atoms with Crippen LogP contribution >= 0.6 is 11.3 Å². The Balaban J connectivity index is 2.13. The number of rotatable bonds is 3. The number of fused-ring (bicyclic) bond motifs is 1. The SMILES string of the molecule is CCC(C)(C)C1CCc2nc(NC(C)(C)C)sc2C1. The van der Waals surface area contributed by atoms with Crippen molar-refractivity contribution in [3.63, 3.8) is 0 Å². The molecule has 0 radical (unpaired) electrons. The summed E-state index contributed by atoms with van der Waals surface area (Å²) in [5.41, 5.74) is 1.90. The summed E-state index contributed by atoms with van der Waals surface area (Å²) in [5.74, 6) is 0.813. The molecule has 108 valence electrons. The lowest BCUT2D eigenvalue weighted by atomic mass is 9.70. The maximum Gasteiger partial charge on any atom is 0.183 e. The Labute approximate surface area is 122 Å². The van der Waals surface area contributed by atoms with E-state index < -0.39 is 0 Å². The van der Waals surface area contributed by atoms with Crippen molar-refractivity contribution in [2.45, 2.75) is 72.8 Å². The van der Waals surface area contributed by atoms with Gasteiger partial charge in [-0.05, 0) is 51.4 Å². The minimum Gasteiger partial charge on any atom is -0.357 e. The molecule has 0 amide bonds. The molecule has 2 nitrogen and oxygen atoms in total. The summed E-state index contributed by atoms with van der Waals surface area (Å²) in [6.45, 7) is 13.7. The minimum absolute atomic E-state index is 0.0997. The second-order valence-corrected chi connectivity index (χ2v) is 8.63. The maximum absolute atomic E-state index is 4.79. The van der Waals surface area contributed by atoms with Crippen LogP contribution in [0.1, 0.15) is 65.0 Å². The van der Waals surface area contributed by atoms with E-state index in [2.05, 4.69) is 46.9 Å². The van der Waals surface area contributed by atoms with Gasteiger partial charge in [-0.25, -0.2) is 4.98 Å². The lowest BCUT2D eigenvalue weighted by molar-refractivity contribution is 0.183. The number of hydrogen-bond donors (Lipinski definition) is 1. The topological polar surface area (TPSA) is 24.9 Å². The molecule has 1 unspecified atom stereocenters. The lowest BCUT2D eigenvalue weighted by Crippen LogP contribution is -2.28. The fourth-order valence-corrected chi connectivity index (χ4v) is 4.00. The third-order valence-corrected chi connectivity index (χ3v) is 5.47. The van der Waals surface area contributed by atoms with Crippen LogP contribution in [0.5, 0.6) is 0 Å². The van der Waals surface area contributed by atoms with Gasteiger partial charge in [-0.1, -0.05) is 27.2 Å². The number of aryl methyl sites for hydroxylation is 1. The van der Waals surface area contributed by atoms with Crippen molar-refractivity contribution in [3.05, 3.63) is 10.6 Å². The Morgan fingerprint density at radius 2 is 1.95 bits per heavy atom. The van der Waals surface area contributed by atoms with Gasteiger partial charge in [-0.15, -0.1) is 11.3 Å². The van der Waals surface area contributed by atoms with Crippen molar-refractivity contribution in [1.29, 1.82) is 0 Å². The normalized spacial score (nSPS) is 20.2. The summed E-state index contributed by atoms with van der Waals surface area (Å²) in [4.78, 5) is 6.30. The summed E-state index contributed by atoms with van der Waals surface area (Å²) in [7, 11) is 0. The van der Waals surface area contributed by atoms with E-state index in [0.29, 0.717) is 5.41 Å². The first-order chi connectivity index (χ1) is 8.71. The zero-order valence-electron chi connectivity index (χ0n) is 13.3. The molecule has 0 bridgehead atoms. The second kappa shape index (κ2) is 5.08. The van der Waals surface area contributed by atoms with Gasteiger partial charge in [0.15, 0.2) is 5.13 Å². The zero-order valence-corrected chi connectivity index (χ0v) is 14.1. The molecule has 1 aromatic rings. The van der Waals surface area contributed by atoms with Crippen molar-refractivity contribution < 1.29 is 0 Å². The average Bonchev–Trinajstić information content (AvgIpc) is 2.67. The molecule has 0 saturated carbocycles. The number of anilines is 1. The van der Waals surface area contributed by atoms with Crippen molar-refractivity contribution >= 4 is 16.5 Å². The molecule has 2 rings (SSSR count). The van der Waals surface area contributed by atoms with Gasteiger partial charge in [0.1, 0.15) is 0 Å². The highest BCUT2D eigenvalue weighted by Crippen LogP contribution is 2.42. The quantitative estimate of drug-likeness (QED) is 0.852. The van der Waals surface area contributed by atoms with Crippen molar-refractivity contribution in [3.8, 4) is 0 Å². The Morgan fingerprint density at radius 1 is 1.26 bits per heavy atom. The molecule has 0 saturated heterocycles. The van der Waals surface area contributed by atoms with E-state index in [4.69, 9.17) is 4.98 Å². The molecule has 3 heteroatoms. The molecule has 19 heavy (non-hydrogen) atoms. The summed E-state index contributed by atoms with van der Waals surface area (Å²) >= 11 is 1.87. The molecule has 1 N–H and O–H groups in total. The number of hydrogen-bond acceptors (Lipinski definition) is 3. The Kier molecular flexibility index (Phi) is 3.97. The van der Waals surface area contributed by atoms with Crippen LogP contribution < -0.4 is 5.32 Å². The van der Waals surface area contributed by atoms with Crippen molar-refractivity contribution in [1.82, 2.24) is 4.98 Å². The van der Waals surface area contributed by atoms with Crippen LogP contribution in [-0.4, -0.2) is 10.5 Å². The van der Waals surface area contributed by atoms with E-state index >= 15 is 0 Å². The molecule has 0 aromatic carbocycles. The first-order valence-corrected chi connectivity index (χ1v) is 8.29. The highest BCUT2D eigenvalue weighted by molar-refractivity contribution is 7.15. The van der Waals surface area contributed by atoms with Crippen LogP contribution in [0.3, 0.4) is 0 Å². The molecular formula is C16H28N2S. The average molecular weight is 280 g/mol. The van der Waals surface area contributed by atoms with Crippen molar-refractivity contribution in [2.75, 3.05) is 5.32 Å². The fraction of sp³-hybridized carbons (Fsp3) is 0.812. The smallest absolute Gasteiger partial charge is 0.183 e. The molecule has 1 aliphatic carbocycles. The lowest BCUT2D eigenvalue weighted by Gasteiger charge is -2.35. The van der Waals surface area contributed by atoms with Crippen LogP contribution in [-0.2, 0) is 12.8 Å². The van der Waals surface area contributed by atoms with Crippen LogP contribution in [0.15, 0.2) is 0 Å². The zero-order chi connectivity index (χ0) is 14.3. The third-order valence-electron chi connectivity index (χ3n) is 4.44. The van der Waals surface area contributed by atoms with E-state index in [9.17, 15) is 0 Å². The van der Waals surface area contributed by atoms with Gasteiger partial charge >= 0.3 is 0 Å². The van der Waals surface area contributed by atoms with E-state index in [1.807, 2.05) is 11.3 Å². The predicted octanol–water partition coefficient (Wildman–Crippen LogP) is 4.89. The van der Waals surface area contributed by atoms with Gasteiger partial charge in [0.05, 0.1) is 5.69 Å². The van der Waals surface area contributed by atoms with Gasteiger partial charge in [0, 0.05) is 10.4 Å². The predicted molar refractivity (Wildman–Crippen MR) is 85.1 cm³/mol. The molecule has 1 aromatic heterocycles. The summed E-state index contributed by atoms with van der Waals surface area (Å²) in [6.07, 6.45) is 4.94. The summed E-state index contributed by atoms with van der Waals surface area (Å²) < 4.78 is 0. The number of aromatic nitrogens is 1. The van der Waals surface area contributed by atoms with Crippen molar-refractivity contribution in [2.24, 2.45) is 11.3 Å². The molecule has 0 spiro atoms. The van der Waals surface area contributed by atoms with Gasteiger partial charge < -0.3 is 5.32 Å². The Hall–Kier alpha value is -0.570.